The number of carbonyl (C=O) groups excluding carboxylic acids is 1. The van der Waals surface area contributed by atoms with Crippen molar-refractivity contribution in [3.05, 3.63) is 34.9 Å². The first-order chi connectivity index (χ1) is 7.08. The van der Waals surface area contributed by atoms with Crippen LogP contribution in [-0.2, 0) is 11.3 Å². The Hall–Kier alpha value is -1.84. The predicted molar refractivity (Wildman–Crippen MR) is 53.6 cm³/mol. The highest BCUT2D eigenvalue weighted by atomic mass is 16.4. The first kappa shape index (κ1) is 9.71. The van der Waals surface area contributed by atoms with Gasteiger partial charge < -0.3 is 10.0 Å². The fourth-order valence-electron chi connectivity index (χ4n) is 1.77. The van der Waals surface area contributed by atoms with Gasteiger partial charge in [0.25, 0.3) is 5.91 Å². The minimum absolute atomic E-state index is 0.184. The van der Waals surface area contributed by atoms with Crippen molar-refractivity contribution < 1.29 is 14.7 Å². The topological polar surface area (TPSA) is 57.6 Å². The molecule has 1 aliphatic heterocycles. The van der Waals surface area contributed by atoms with Gasteiger partial charge in [0, 0.05) is 12.1 Å². The second-order valence-electron chi connectivity index (χ2n) is 3.72. The Labute approximate surface area is 87.1 Å². The Morgan fingerprint density at radius 1 is 1.53 bits per heavy atom. The van der Waals surface area contributed by atoms with Crippen molar-refractivity contribution in [1.29, 1.82) is 0 Å². The Kier molecular flexibility index (Phi) is 2.19. The van der Waals surface area contributed by atoms with Gasteiger partial charge in [-0.15, -0.1) is 0 Å². The highest BCUT2D eigenvalue weighted by molar-refractivity contribution is 5.99. The van der Waals surface area contributed by atoms with E-state index in [4.69, 9.17) is 5.11 Å². The van der Waals surface area contributed by atoms with Crippen LogP contribution in [0.25, 0.3) is 0 Å². The lowest BCUT2D eigenvalue weighted by Gasteiger charge is -2.11. The maximum atomic E-state index is 11.7. The Balaban J connectivity index is 2.29. The van der Waals surface area contributed by atoms with Crippen molar-refractivity contribution in [2.45, 2.75) is 13.5 Å². The third-order valence-electron chi connectivity index (χ3n) is 2.47. The maximum absolute atomic E-state index is 11.7. The summed E-state index contributed by atoms with van der Waals surface area (Å²) in [5, 5.41) is 8.63. The molecule has 0 radical (unpaired) electrons. The van der Waals surface area contributed by atoms with E-state index in [1.165, 1.54) is 4.90 Å². The average Bonchev–Trinajstić information content (AvgIpc) is 2.44. The van der Waals surface area contributed by atoms with E-state index in [2.05, 4.69) is 0 Å². The molecule has 0 aromatic heterocycles. The summed E-state index contributed by atoms with van der Waals surface area (Å²) < 4.78 is 0. The summed E-state index contributed by atoms with van der Waals surface area (Å²) in [5.41, 5.74) is 2.56. The molecule has 0 saturated heterocycles. The van der Waals surface area contributed by atoms with E-state index in [0.717, 1.165) is 11.1 Å². The summed E-state index contributed by atoms with van der Waals surface area (Å²) in [7, 11) is 0. The quantitative estimate of drug-likeness (QED) is 0.784. The second-order valence-corrected chi connectivity index (χ2v) is 3.72. The van der Waals surface area contributed by atoms with Crippen LogP contribution >= 0.6 is 0 Å². The Morgan fingerprint density at radius 2 is 2.27 bits per heavy atom. The molecular formula is C11H11NO3. The Bertz CT molecular complexity index is 439. The van der Waals surface area contributed by atoms with Gasteiger partial charge >= 0.3 is 5.97 Å². The Morgan fingerprint density at radius 3 is 2.93 bits per heavy atom. The summed E-state index contributed by atoms with van der Waals surface area (Å²) in [5.74, 6) is -1.16. The summed E-state index contributed by atoms with van der Waals surface area (Å²) in [6.07, 6.45) is 0. The minimum Gasteiger partial charge on any atom is -0.480 e. The van der Waals surface area contributed by atoms with Crippen molar-refractivity contribution in [3.63, 3.8) is 0 Å². The molecule has 0 spiro atoms. The zero-order valence-corrected chi connectivity index (χ0v) is 8.36. The van der Waals surface area contributed by atoms with Crippen LogP contribution in [0.1, 0.15) is 21.5 Å². The van der Waals surface area contributed by atoms with Gasteiger partial charge in [-0.3, -0.25) is 9.59 Å². The number of carbonyl (C=O) groups is 2. The van der Waals surface area contributed by atoms with E-state index in [1.807, 2.05) is 19.1 Å². The third kappa shape index (κ3) is 1.70. The molecule has 1 aromatic rings. The van der Waals surface area contributed by atoms with E-state index >= 15 is 0 Å². The maximum Gasteiger partial charge on any atom is 0.323 e. The van der Waals surface area contributed by atoms with Crippen LogP contribution in [0.4, 0.5) is 0 Å². The van der Waals surface area contributed by atoms with Gasteiger partial charge in [-0.1, -0.05) is 17.7 Å². The third-order valence-corrected chi connectivity index (χ3v) is 2.47. The minimum atomic E-state index is -0.979. The van der Waals surface area contributed by atoms with Gasteiger partial charge in [0.2, 0.25) is 0 Å². The standard InChI is InChI=1S/C11H11NO3/c1-7-2-3-8-5-12(6-10(13)14)11(15)9(8)4-7/h2-4H,5-6H2,1H3,(H,13,14). The molecular weight excluding hydrogens is 194 g/mol. The van der Waals surface area contributed by atoms with Crippen LogP contribution in [-0.4, -0.2) is 28.4 Å². The second kappa shape index (κ2) is 3.38. The van der Waals surface area contributed by atoms with Crippen LogP contribution in [0.15, 0.2) is 18.2 Å². The monoisotopic (exact) mass is 205 g/mol. The van der Waals surface area contributed by atoms with E-state index < -0.39 is 5.97 Å². The van der Waals surface area contributed by atoms with Crippen molar-refractivity contribution in [1.82, 2.24) is 4.90 Å². The molecule has 0 unspecified atom stereocenters. The fourth-order valence-corrected chi connectivity index (χ4v) is 1.77. The summed E-state index contributed by atoms with van der Waals surface area (Å²) >= 11 is 0. The zero-order valence-electron chi connectivity index (χ0n) is 8.36. The molecule has 0 saturated carbocycles. The molecule has 4 heteroatoms. The predicted octanol–water partition coefficient (Wildman–Crippen LogP) is 1.04. The summed E-state index contributed by atoms with van der Waals surface area (Å²) in [4.78, 5) is 23.6. The molecule has 15 heavy (non-hydrogen) atoms. The number of nitrogens with zero attached hydrogens (tertiary/aromatic N) is 1. The van der Waals surface area contributed by atoms with E-state index in [-0.39, 0.29) is 12.5 Å². The first-order valence-corrected chi connectivity index (χ1v) is 4.68. The lowest BCUT2D eigenvalue weighted by Crippen LogP contribution is -2.29. The zero-order chi connectivity index (χ0) is 11.0. The highest BCUT2D eigenvalue weighted by Gasteiger charge is 2.28. The molecule has 0 aliphatic carbocycles. The molecule has 1 aliphatic rings. The number of hydrogen-bond acceptors (Lipinski definition) is 2. The largest absolute Gasteiger partial charge is 0.480 e. The van der Waals surface area contributed by atoms with Crippen LogP contribution in [0.2, 0.25) is 0 Å². The number of hydrogen-bond donors (Lipinski definition) is 1. The van der Waals surface area contributed by atoms with Crippen molar-refractivity contribution in [2.24, 2.45) is 0 Å². The van der Waals surface area contributed by atoms with E-state index in [9.17, 15) is 9.59 Å². The molecule has 1 heterocycles. The van der Waals surface area contributed by atoms with E-state index in [1.54, 1.807) is 6.07 Å². The number of amides is 1. The van der Waals surface area contributed by atoms with Crippen LogP contribution in [0.3, 0.4) is 0 Å². The first-order valence-electron chi connectivity index (χ1n) is 4.68. The van der Waals surface area contributed by atoms with Gasteiger partial charge in [-0.2, -0.15) is 0 Å². The number of carboxylic acid groups (broad SMARTS) is 1. The average molecular weight is 205 g/mol. The van der Waals surface area contributed by atoms with Crippen LogP contribution in [0, 0.1) is 6.92 Å². The van der Waals surface area contributed by atoms with Gasteiger partial charge in [0.15, 0.2) is 0 Å². The van der Waals surface area contributed by atoms with Gasteiger partial charge in [0.05, 0.1) is 0 Å². The number of rotatable bonds is 2. The lowest BCUT2D eigenvalue weighted by atomic mass is 10.1. The van der Waals surface area contributed by atoms with Crippen LogP contribution < -0.4 is 0 Å². The van der Waals surface area contributed by atoms with Gasteiger partial charge in [-0.25, -0.2) is 0 Å². The molecule has 4 nitrogen and oxygen atoms in total. The number of fused-ring (bicyclic) bond motifs is 1. The molecule has 1 aromatic carbocycles. The molecule has 0 atom stereocenters. The summed E-state index contributed by atoms with van der Waals surface area (Å²) in [6.45, 7) is 2.08. The molecule has 1 amide bonds. The molecule has 0 bridgehead atoms. The van der Waals surface area contributed by atoms with Gasteiger partial charge in [-0.05, 0) is 18.6 Å². The number of carboxylic acids is 1. The number of aryl methyl sites for hydroxylation is 1. The molecule has 2 rings (SSSR count). The smallest absolute Gasteiger partial charge is 0.323 e. The SMILES string of the molecule is Cc1ccc2c(c1)C(=O)N(CC(=O)O)C2. The summed E-state index contributed by atoms with van der Waals surface area (Å²) in [6, 6.07) is 5.61. The molecule has 0 fully saturated rings. The van der Waals surface area contributed by atoms with Crippen molar-refractivity contribution in [2.75, 3.05) is 6.54 Å². The van der Waals surface area contributed by atoms with Crippen molar-refractivity contribution >= 4 is 11.9 Å². The fraction of sp³-hybridized carbons (Fsp3) is 0.273. The van der Waals surface area contributed by atoms with Crippen molar-refractivity contribution in [3.8, 4) is 0 Å². The molecule has 1 N–H and O–H groups in total. The van der Waals surface area contributed by atoms with Gasteiger partial charge in [0.1, 0.15) is 6.54 Å². The normalized spacial score (nSPS) is 14.2. The van der Waals surface area contributed by atoms with Crippen LogP contribution in [0.5, 0.6) is 0 Å². The molecule has 78 valence electrons. The number of benzene rings is 1. The number of aliphatic carboxylic acids is 1. The lowest BCUT2D eigenvalue weighted by molar-refractivity contribution is -0.137. The highest BCUT2D eigenvalue weighted by Crippen LogP contribution is 2.23. The van der Waals surface area contributed by atoms with E-state index in [0.29, 0.717) is 12.1 Å².